The SMILES string of the molecule is CCCCc1nc2c(OC(=O)c3ccccc3)nnc(O)c2n1Cc1ccc(-c2ccccc2C(=O)O)cc1. The number of esters is 1. The van der Waals surface area contributed by atoms with Gasteiger partial charge >= 0.3 is 11.9 Å². The molecule has 3 aromatic carbocycles. The number of aromatic hydroxyl groups is 1. The first-order valence-corrected chi connectivity index (χ1v) is 12.6. The van der Waals surface area contributed by atoms with Crippen molar-refractivity contribution in [3.8, 4) is 22.9 Å². The highest BCUT2D eigenvalue weighted by Crippen LogP contribution is 2.31. The van der Waals surface area contributed by atoms with Crippen molar-refractivity contribution in [1.82, 2.24) is 19.7 Å². The van der Waals surface area contributed by atoms with Gasteiger partial charge in [-0.25, -0.2) is 14.6 Å². The molecule has 9 nitrogen and oxygen atoms in total. The zero-order valence-corrected chi connectivity index (χ0v) is 21.2. The van der Waals surface area contributed by atoms with Crippen LogP contribution in [0.5, 0.6) is 11.8 Å². The van der Waals surface area contributed by atoms with E-state index in [1.165, 1.54) is 0 Å². The fourth-order valence-electron chi connectivity index (χ4n) is 4.44. The molecule has 0 atom stereocenters. The van der Waals surface area contributed by atoms with Crippen LogP contribution in [0.2, 0.25) is 0 Å². The second-order valence-corrected chi connectivity index (χ2v) is 9.05. The molecule has 0 aliphatic heterocycles. The number of nitrogens with zero attached hydrogens (tertiary/aromatic N) is 4. The lowest BCUT2D eigenvalue weighted by molar-refractivity contribution is 0.0694. The summed E-state index contributed by atoms with van der Waals surface area (Å²) in [5.41, 5.74) is 3.48. The smallest absolute Gasteiger partial charge is 0.344 e. The second-order valence-electron chi connectivity index (χ2n) is 9.05. The van der Waals surface area contributed by atoms with Gasteiger partial charge < -0.3 is 19.5 Å². The largest absolute Gasteiger partial charge is 0.491 e. The van der Waals surface area contributed by atoms with Gasteiger partial charge in [-0.3, -0.25) is 0 Å². The number of hydrogen-bond acceptors (Lipinski definition) is 7. The number of aromatic nitrogens is 4. The predicted molar refractivity (Wildman–Crippen MR) is 145 cm³/mol. The van der Waals surface area contributed by atoms with Crippen LogP contribution < -0.4 is 4.74 Å². The lowest BCUT2D eigenvalue weighted by atomic mass is 9.99. The van der Waals surface area contributed by atoms with E-state index in [1.807, 2.05) is 28.8 Å². The molecule has 0 bridgehead atoms. The lowest BCUT2D eigenvalue weighted by Crippen LogP contribution is -2.10. The van der Waals surface area contributed by atoms with E-state index in [9.17, 15) is 19.8 Å². The summed E-state index contributed by atoms with van der Waals surface area (Å²) in [6.07, 6.45) is 2.45. The van der Waals surface area contributed by atoms with E-state index in [-0.39, 0.29) is 22.8 Å². The molecule has 0 aliphatic rings. The summed E-state index contributed by atoms with van der Waals surface area (Å²) in [6, 6.07) is 23.0. The van der Waals surface area contributed by atoms with Crippen molar-refractivity contribution in [2.75, 3.05) is 0 Å². The quantitative estimate of drug-likeness (QED) is 0.243. The Morgan fingerprint density at radius 3 is 2.36 bits per heavy atom. The van der Waals surface area contributed by atoms with Gasteiger partial charge in [-0.05, 0) is 41.3 Å². The van der Waals surface area contributed by atoms with Gasteiger partial charge in [-0.2, -0.15) is 0 Å². The van der Waals surface area contributed by atoms with E-state index in [4.69, 9.17) is 9.72 Å². The molecule has 0 saturated carbocycles. The molecule has 0 radical (unpaired) electrons. The Morgan fingerprint density at radius 1 is 0.923 bits per heavy atom. The van der Waals surface area contributed by atoms with Crippen LogP contribution in [0.3, 0.4) is 0 Å². The van der Waals surface area contributed by atoms with Gasteiger partial charge in [0.25, 0.3) is 11.8 Å². The van der Waals surface area contributed by atoms with Crippen LogP contribution >= 0.6 is 0 Å². The topological polar surface area (TPSA) is 127 Å². The molecule has 0 saturated heterocycles. The van der Waals surface area contributed by atoms with E-state index in [1.54, 1.807) is 54.6 Å². The molecule has 39 heavy (non-hydrogen) atoms. The molecule has 0 aliphatic carbocycles. The Hall–Kier alpha value is -5.05. The van der Waals surface area contributed by atoms with Gasteiger partial charge in [0.05, 0.1) is 11.1 Å². The molecule has 5 aromatic rings. The molecular weight excluding hydrogens is 496 g/mol. The van der Waals surface area contributed by atoms with Crippen LogP contribution in [0, 0.1) is 0 Å². The van der Waals surface area contributed by atoms with E-state index < -0.39 is 11.9 Å². The monoisotopic (exact) mass is 522 g/mol. The van der Waals surface area contributed by atoms with E-state index in [0.29, 0.717) is 35.4 Å². The minimum absolute atomic E-state index is 0.0752. The highest BCUT2D eigenvalue weighted by molar-refractivity contribution is 5.96. The minimum atomic E-state index is -0.986. The molecule has 5 rings (SSSR count). The maximum atomic E-state index is 12.7. The van der Waals surface area contributed by atoms with Gasteiger partial charge in [-0.1, -0.05) is 74.0 Å². The van der Waals surface area contributed by atoms with Gasteiger partial charge in [0.2, 0.25) is 0 Å². The number of carbonyl (C=O) groups is 2. The number of carbonyl (C=O) groups excluding carboxylic acids is 1. The number of carboxylic acids is 1. The number of benzene rings is 3. The normalized spacial score (nSPS) is 11.0. The number of hydrogen-bond donors (Lipinski definition) is 2. The van der Waals surface area contributed by atoms with E-state index >= 15 is 0 Å². The van der Waals surface area contributed by atoms with Gasteiger partial charge in [0.15, 0.2) is 5.52 Å². The van der Waals surface area contributed by atoms with Crippen molar-refractivity contribution in [2.24, 2.45) is 0 Å². The van der Waals surface area contributed by atoms with Crippen LogP contribution in [-0.4, -0.2) is 41.9 Å². The van der Waals surface area contributed by atoms with Crippen LogP contribution in [0.4, 0.5) is 0 Å². The molecule has 2 aromatic heterocycles. The van der Waals surface area contributed by atoms with Crippen molar-refractivity contribution in [3.05, 3.63) is 101 Å². The molecule has 2 heterocycles. The number of unbranched alkanes of at least 4 members (excludes halogenated alkanes) is 1. The molecule has 0 spiro atoms. The third-order valence-electron chi connectivity index (χ3n) is 6.41. The summed E-state index contributed by atoms with van der Waals surface area (Å²) >= 11 is 0. The molecular formula is C30H26N4O5. The highest BCUT2D eigenvalue weighted by atomic mass is 16.5. The predicted octanol–water partition coefficient (Wildman–Crippen LogP) is 5.51. The van der Waals surface area contributed by atoms with E-state index in [0.717, 1.165) is 24.0 Å². The van der Waals surface area contributed by atoms with Crippen molar-refractivity contribution in [1.29, 1.82) is 0 Å². The summed E-state index contributed by atoms with van der Waals surface area (Å²) in [4.78, 5) is 29.0. The number of imidazole rings is 1. The van der Waals surface area contributed by atoms with Gasteiger partial charge in [-0.15, -0.1) is 10.2 Å². The third kappa shape index (κ3) is 5.33. The zero-order chi connectivity index (χ0) is 27.4. The van der Waals surface area contributed by atoms with E-state index in [2.05, 4.69) is 17.1 Å². The molecule has 2 N–H and O–H groups in total. The average molecular weight is 523 g/mol. The summed E-state index contributed by atoms with van der Waals surface area (Å²) in [5.74, 6) is -1.27. The summed E-state index contributed by atoms with van der Waals surface area (Å²) in [5, 5.41) is 28.0. The van der Waals surface area contributed by atoms with Crippen LogP contribution in [0.25, 0.3) is 22.2 Å². The second kappa shape index (κ2) is 11.1. The Kier molecular flexibility index (Phi) is 7.31. The molecule has 196 valence electrons. The molecule has 0 unspecified atom stereocenters. The molecule has 0 amide bonds. The first-order valence-electron chi connectivity index (χ1n) is 12.6. The number of fused-ring (bicyclic) bond motifs is 1. The van der Waals surface area contributed by atoms with Crippen LogP contribution in [0.1, 0.15) is 51.9 Å². The Morgan fingerprint density at radius 2 is 1.64 bits per heavy atom. The standard InChI is InChI=1S/C30H26N4O5/c1-2-3-13-24-31-25-26(27(35)32-33-28(25)39-30(38)21-9-5-4-6-10-21)34(24)18-19-14-16-20(17-15-19)22-11-7-8-12-23(22)29(36)37/h4-12,14-17H,2-3,13,18H2,1H3,(H,32,35)(H,36,37). The maximum Gasteiger partial charge on any atom is 0.344 e. The van der Waals surface area contributed by atoms with Crippen LogP contribution in [0.15, 0.2) is 78.9 Å². The number of aromatic carboxylic acids is 1. The maximum absolute atomic E-state index is 12.7. The number of rotatable bonds is 9. The van der Waals surface area contributed by atoms with Crippen molar-refractivity contribution >= 4 is 23.0 Å². The van der Waals surface area contributed by atoms with Crippen molar-refractivity contribution in [2.45, 2.75) is 32.7 Å². The number of carboxylic acid groups (broad SMARTS) is 1. The molecule has 0 fully saturated rings. The summed E-state index contributed by atoms with van der Waals surface area (Å²) in [6.45, 7) is 2.44. The first kappa shape index (κ1) is 25.6. The summed E-state index contributed by atoms with van der Waals surface area (Å²) in [7, 11) is 0. The zero-order valence-electron chi connectivity index (χ0n) is 21.2. The first-order chi connectivity index (χ1) is 19.0. The number of aryl methyl sites for hydroxylation is 1. The molecule has 9 heteroatoms. The lowest BCUT2D eigenvalue weighted by Gasteiger charge is -2.11. The summed E-state index contributed by atoms with van der Waals surface area (Å²) < 4.78 is 7.40. The Balaban J connectivity index is 1.51. The third-order valence-corrected chi connectivity index (χ3v) is 6.41. The average Bonchev–Trinajstić information content (AvgIpc) is 3.33. The fourth-order valence-corrected chi connectivity index (χ4v) is 4.44. The van der Waals surface area contributed by atoms with Gasteiger partial charge in [0.1, 0.15) is 11.3 Å². The minimum Gasteiger partial charge on any atom is -0.491 e. The van der Waals surface area contributed by atoms with Crippen molar-refractivity contribution in [3.63, 3.8) is 0 Å². The van der Waals surface area contributed by atoms with Crippen molar-refractivity contribution < 1.29 is 24.5 Å². The highest BCUT2D eigenvalue weighted by Gasteiger charge is 2.23. The number of ether oxygens (including phenoxy) is 1. The van der Waals surface area contributed by atoms with Gasteiger partial charge in [0, 0.05) is 13.0 Å². The fraction of sp³-hybridized carbons (Fsp3) is 0.167. The Bertz CT molecular complexity index is 1650. The van der Waals surface area contributed by atoms with Crippen LogP contribution in [-0.2, 0) is 13.0 Å². The Labute approximate surface area is 224 Å².